The smallest absolute Gasteiger partial charge is 0.335 e. The number of carbonyl (C=O) groups is 2. The fraction of sp³-hybridized carbons (Fsp3) is 0.250. The van der Waals surface area contributed by atoms with Gasteiger partial charge in [-0.25, -0.2) is 18.6 Å². The number of halogens is 2. The van der Waals surface area contributed by atoms with E-state index in [1.54, 1.807) is 35.0 Å². The monoisotopic (exact) mass is 385 g/mol. The maximum absolute atomic E-state index is 13.3. The topological polar surface area (TPSA) is 75.4 Å². The summed E-state index contributed by atoms with van der Waals surface area (Å²) in [5.41, 5.74) is 1.90. The van der Waals surface area contributed by atoms with Crippen LogP contribution in [0.4, 0.5) is 8.78 Å². The van der Waals surface area contributed by atoms with Crippen LogP contribution in [0.1, 0.15) is 33.6 Å². The van der Waals surface area contributed by atoms with Crippen molar-refractivity contribution < 1.29 is 23.5 Å². The van der Waals surface area contributed by atoms with Crippen molar-refractivity contribution in [2.75, 3.05) is 13.1 Å². The molecule has 28 heavy (non-hydrogen) atoms. The summed E-state index contributed by atoms with van der Waals surface area (Å²) in [5.74, 6) is -4.00. The van der Waals surface area contributed by atoms with Crippen LogP contribution in [0, 0.1) is 0 Å². The van der Waals surface area contributed by atoms with E-state index in [-0.39, 0.29) is 37.4 Å². The predicted octanol–water partition coefficient (Wildman–Crippen LogP) is 3.60. The Morgan fingerprint density at radius 1 is 1.04 bits per heavy atom. The Hall–Kier alpha value is -3.29. The number of likely N-dealkylation sites (tertiary alicyclic amines) is 1. The molecule has 2 aromatic heterocycles. The lowest BCUT2D eigenvalue weighted by atomic mass is 10.1. The third kappa shape index (κ3) is 3.33. The Kier molecular flexibility index (Phi) is 4.33. The first-order chi connectivity index (χ1) is 13.3. The maximum Gasteiger partial charge on any atom is 0.335 e. The van der Waals surface area contributed by atoms with Crippen LogP contribution in [-0.2, 0) is 0 Å². The molecule has 0 aliphatic carbocycles. The summed E-state index contributed by atoms with van der Waals surface area (Å²) >= 11 is 0. The first-order valence-electron chi connectivity index (χ1n) is 8.82. The minimum atomic E-state index is -2.70. The van der Waals surface area contributed by atoms with E-state index < -0.39 is 11.9 Å². The molecule has 1 aliphatic heterocycles. The van der Waals surface area contributed by atoms with E-state index in [9.17, 15) is 18.4 Å². The van der Waals surface area contributed by atoms with Crippen LogP contribution in [-0.4, -0.2) is 50.4 Å². The van der Waals surface area contributed by atoms with E-state index in [0.717, 1.165) is 11.1 Å². The number of carbonyl (C=O) groups excluding carboxylic acids is 1. The average Bonchev–Trinajstić information content (AvgIpc) is 3.10. The van der Waals surface area contributed by atoms with E-state index in [1.165, 1.54) is 23.2 Å². The van der Waals surface area contributed by atoms with E-state index in [4.69, 9.17) is 5.11 Å². The second-order valence-electron chi connectivity index (χ2n) is 6.82. The zero-order chi connectivity index (χ0) is 19.9. The standard InChI is InChI=1S/C20H17F2N3O3/c21-20(22)6-9-24(10-7-20)18(26)15-11-14-5-8-25(17(14)23-12-15)16-3-1-13(2-4-16)19(27)28/h1-5,8,11-12H,6-7,9-10H2,(H,27,28). The van der Waals surface area contributed by atoms with Crippen LogP contribution in [0.5, 0.6) is 0 Å². The van der Waals surface area contributed by atoms with Crippen molar-refractivity contribution in [3.05, 3.63) is 59.9 Å². The third-order valence-corrected chi connectivity index (χ3v) is 4.95. The van der Waals surface area contributed by atoms with Gasteiger partial charge in [-0.15, -0.1) is 0 Å². The summed E-state index contributed by atoms with van der Waals surface area (Å²) in [6.07, 6.45) is 2.58. The Balaban J connectivity index is 1.59. The molecule has 0 atom stereocenters. The second-order valence-corrected chi connectivity index (χ2v) is 6.82. The molecule has 6 nitrogen and oxygen atoms in total. The Labute approximate surface area is 159 Å². The number of amides is 1. The number of aromatic carboxylic acids is 1. The highest BCUT2D eigenvalue weighted by Gasteiger charge is 2.35. The van der Waals surface area contributed by atoms with Gasteiger partial charge in [0.15, 0.2) is 0 Å². The highest BCUT2D eigenvalue weighted by atomic mass is 19.3. The largest absolute Gasteiger partial charge is 0.478 e. The molecule has 1 N–H and O–H groups in total. The summed E-state index contributed by atoms with van der Waals surface area (Å²) < 4.78 is 28.4. The molecule has 1 saturated heterocycles. The molecule has 0 unspecified atom stereocenters. The summed E-state index contributed by atoms with van der Waals surface area (Å²) in [4.78, 5) is 29.4. The van der Waals surface area contributed by atoms with Crippen molar-refractivity contribution in [1.82, 2.24) is 14.5 Å². The van der Waals surface area contributed by atoms with Crippen LogP contribution in [0.2, 0.25) is 0 Å². The predicted molar refractivity (Wildman–Crippen MR) is 98.1 cm³/mol. The normalized spacial score (nSPS) is 16.3. The molecule has 0 saturated carbocycles. The molecule has 3 heterocycles. The van der Waals surface area contributed by atoms with E-state index in [1.807, 2.05) is 0 Å². The number of fused-ring (bicyclic) bond motifs is 1. The van der Waals surface area contributed by atoms with Gasteiger partial charge in [-0.1, -0.05) is 0 Å². The zero-order valence-corrected chi connectivity index (χ0v) is 14.8. The minimum Gasteiger partial charge on any atom is -0.478 e. The number of nitrogens with zero attached hydrogens (tertiary/aromatic N) is 3. The van der Waals surface area contributed by atoms with Gasteiger partial charge in [0.05, 0.1) is 11.1 Å². The molecule has 4 rings (SSSR count). The van der Waals surface area contributed by atoms with Crippen LogP contribution < -0.4 is 0 Å². The van der Waals surface area contributed by atoms with Gasteiger partial charge in [0.2, 0.25) is 0 Å². The molecule has 1 aromatic carbocycles. The van der Waals surface area contributed by atoms with Crippen LogP contribution in [0.3, 0.4) is 0 Å². The molecule has 0 radical (unpaired) electrons. The van der Waals surface area contributed by atoms with Gasteiger partial charge in [-0.3, -0.25) is 4.79 Å². The quantitative estimate of drug-likeness (QED) is 0.748. The number of hydrogen-bond donors (Lipinski definition) is 1. The molecular weight excluding hydrogens is 368 g/mol. The second kappa shape index (κ2) is 6.70. The molecule has 3 aromatic rings. The first-order valence-corrected chi connectivity index (χ1v) is 8.82. The highest BCUT2D eigenvalue weighted by Crippen LogP contribution is 2.28. The summed E-state index contributed by atoms with van der Waals surface area (Å²) in [6.45, 7) is 0.0572. The summed E-state index contributed by atoms with van der Waals surface area (Å²) in [5, 5.41) is 9.73. The summed E-state index contributed by atoms with van der Waals surface area (Å²) in [6, 6.07) is 9.87. The first kappa shape index (κ1) is 18.1. The van der Waals surface area contributed by atoms with E-state index in [2.05, 4.69) is 4.98 Å². The lowest BCUT2D eigenvalue weighted by Gasteiger charge is -2.31. The molecular formula is C20H17F2N3O3. The van der Waals surface area contributed by atoms with Crippen LogP contribution in [0.25, 0.3) is 16.7 Å². The SMILES string of the molecule is O=C(O)c1ccc(-n2ccc3cc(C(=O)N4CCC(F)(F)CC4)cnc32)cc1. The fourth-order valence-corrected chi connectivity index (χ4v) is 3.33. The lowest BCUT2D eigenvalue weighted by Crippen LogP contribution is -2.42. The number of pyridine rings is 1. The number of piperidine rings is 1. The fourth-order valence-electron chi connectivity index (χ4n) is 3.33. The Bertz CT molecular complexity index is 1050. The van der Waals surface area contributed by atoms with Crippen molar-refractivity contribution >= 4 is 22.9 Å². The number of rotatable bonds is 3. The van der Waals surface area contributed by atoms with Gasteiger partial charge in [-0.2, -0.15) is 0 Å². The maximum atomic E-state index is 13.3. The molecule has 1 aliphatic rings. The van der Waals surface area contributed by atoms with Gasteiger partial charge < -0.3 is 14.6 Å². The van der Waals surface area contributed by atoms with E-state index in [0.29, 0.717) is 11.2 Å². The molecule has 8 heteroatoms. The average molecular weight is 385 g/mol. The number of alkyl halides is 2. The molecule has 1 amide bonds. The highest BCUT2D eigenvalue weighted by molar-refractivity contribution is 5.97. The van der Waals surface area contributed by atoms with Gasteiger partial charge in [-0.05, 0) is 36.4 Å². The number of hydrogen-bond acceptors (Lipinski definition) is 3. The van der Waals surface area contributed by atoms with Gasteiger partial charge in [0.25, 0.3) is 11.8 Å². The van der Waals surface area contributed by atoms with Crippen molar-refractivity contribution in [2.24, 2.45) is 0 Å². The Morgan fingerprint density at radius 2 is 1.71 bits per heavy atom. The Morgan fingerprint density at radius 3 is 2.36 bits per heavy atom. The molecule has 144 valence electrons. The summed E-state index contributed by atoms with van der Waals surface area (Å²) in [7, 11) is 0. The third-order valence-electron chi connectivity index (χ3n) is 4.95. The van der Waals surface area contributed by atoms with Gasteiger partial charge in [0, 0.05) is 49.4 Å². The molecule has 1 fully saturated rings. The van der Waals surface area contributed by atoms with Crippen molar-refractivity contribution in [1.29, 1.82) is 0 Å². The van der Waals surface area contributed by atoms with Crippen molar-refractivity contribution in [3.63, 3.8) is 0 Å². The minimum absolute atomic E-state index is 0.0286. The number of carboxylic acid groups (broad SMARTS) is 1. The van der Waals surface area contributed by atoms with Gasteiger partial charge in [0.1, 0.15) is 5.65 Å². The van der Waals surface area contributed by atoms with Crippen LogP contribution in [0.15, 0.2) is 48.8 Å². The lowest BCUT2D eigenvalue weighted by molar-refractivity contribution is -0.0494. The molecule has 0 spiro atoms. The van der Waals surface area contributed by atoms with Gasteiger partial charge >= 0.3 is 5.97 Å². The molecule has 0 bridgehead atoms. The van der Waals surface area contributed by atoms with E-state index >= 15 is 0 Å². The van der Waals surface area contributed by atoms with Crippen LogP contribution >= 0.6 is 0 Å². The van der Waals surface area contributed by atoms with Crippen molar-refractivity contribution in [2.45, 2.75) is 18.8 Å². The zero-order valence-electron chi connectivity index (χ0n) is 14.8. The van der Waals surface area contributed by atoms with Crippen molar-refractivity contribution in [3.8, 4) is 5.69 Å². The number of aromatic nitrogens is 2. The number of benzene rings is 1. The number of carboxylic acids is 1.